The standard InChI is InChI=1S/C32H26BNO2/c1-31-17-5-6-18-32(31,2)34-24-12-8-14-26-27(24)33(22-11-7-10-21(31)28(22)34)23-16-15-20-19-9-3-4-13-25(19)35-29(20)30(23)36-26/h3-4,7-16H,5-6,17-18H2,1-2H3. The van der Waals surface area contributed by atoms with E-state index >= 15 is 0 Å². The zero-order chi connectivity index (χ0) is 23.8. The lowest BCUT2D eigenvalue weighted by atomic mass is 9.34. The van der Waals surface area contributed by atoms with Crippen LogP contribution in [-0.4, -0.2) is 12.3 Å². The fraction of sp³-hybridized carbons (Fsp3) is 0.250. The summed E-state index contributed by atoms with van der Waals surface area (Å²) in [7, 11) is 0. The average molecular weight is 467 g/mol. The molecule has 3 nitrogen and oxygen atoms in total. The van der Waals surface area contributed by atoms with Crippen molar-refractivity contribution in [1.29, 1.82) is 0 Å². The molecule has 3 aliphatic heterocycles. The summed E-state index contributed by atoms with van der Waals surface area (Å²) in [6, 6.07) is 26.5. The molecule has 9 rings (SSSR count). The molecule has 4 aromatic carbocycles. The predicted molar refractivity (Wildman–Crippen MR) is 148 cm³/mol. The highest BCUT2D eigenvalue weighted by molar-refractivity contribution is 6.99. The molecular formula is C32H26BNO2. The van der Waals surface area contributed by atoms with E-state index in [-0.39, 0.29) is 17.7 Å². The first-order valence-electron chi connectivity index (χ1n) is 13.3. The van der Waals surface area contributed by atoms with Crippen molar-refractivity contribution in [3.05, 3.63) is 78.4 Å². The highest BCUT2D eigenvalue weighted by Gasteiger charge is 2.61. The largest absolute Gasteiger partial charge is 0.454 e. The summed E-state index contributed by atoms with van der Waals surface area (Å²) < 4.78 is 13.2. The number of furan rings is 1. The zero-order valence-corrected chi connectivity index (χ0v) is 20.6. The van der Waals surface area contributed by atoms with E-state index in [1.54, 1.807) is 0 Å². The van der Waals surface area contributed by atoms with Crippen molar-refractivity contribution in [2.75, 3.05) is 4.90 Å². The Morgan fingerprint density at radius 3 is 2.61 bits per heavy atom. The number of ether oxygens (including phenoxy) is 1. The molecule has 1 saturated carbocycles. The van der Waals surface area contributed by atoms with Crippen LogP contribution in [0.25, 0.3) is 21.9 Å². The number of hydrogen-bond donors (Lipinski definition) is 0. The van der Waals surface area contributed by atoms with Crippen molar-refractivity contribution < 1.29 is 9.15 Å². The summed E-state index contributed by atoms with van der Waals surface area (Å²) >= 11 is 0. The molecule has 4 heteroatoms. The van der Waals surface area contributed by atoms with Gasteiger partial charge in [-0.3, -0.25) is 0 Å². The summed E-state index contributed by atoms with van der Waals surface area (Å²) in [5.74, 6) is 1.83. The fourth-order valence-electron chi connectivity index (χ4n) is 8.21. The van der Waals surface area contributed by atoms with Crippen LogP contribution in [0.1, 0.15) is 45.1 Å². The van der Waals surface area contributed by atoms with Crippen molar-refractivity contribution in [3.8, 4) is 11.5 Å². The van der Waals surface area contributed by atoms with Gasteiger partial charge in [-0.25, -0.2) is 0 Å². The first kappa shape index (κ1) is 19.5. The normalized spacial score (nSPS) is 24.8. The van der Waals surface area contributed by atoms with Gasteiger partial charge in [-0.15, -0.1) is 0 Å². The van der Waals surface area contributed by atoms with E-state index < -0.39 is 0 Å². The third-order valence-electron chi connectivity index (χ3n) is 10.1. The summed E-state index contributed by atoms with van der Waals surface area (Å²) in [6.45, 7) is 5.16. The molecular weight excluding hydrogens is 441 g/mol. The van der Waals surface area contributed by atoms with Crippen LogP contribution >= 0.6 is 0 Å². The summed E-state index contributed by atoms with van der Waals surface area (Å²) in [5.41, 5.74) is 10.2. The molecule has 0 N–H and O–H groups in total. The molecule has 36 heavy (non-hydrogen) atoms. The van der Waals surface area contributed by atoms with Crippen molar-refractivity contribution in [2.45, 2.75) is 50.5 Å². The molecule has 2 atom stereocenters. The third-order valence-corrected chi connectivity index (χ3v) is 10.1. The van der Waals surface area contributed by atoms with Gasteiger partial charge in [0, 0.05) is 27.6 Å². The van der Waals surface area contributed by atoms with E-state index in [2.05, 4.69) is 79.4 Å². The SMILES string of the molecule is CC12CCCCC1(C)N1c3cccc4c3B(c3cccc2c31)c1ccc2c(oc3ccccc32)c1O4. The molecule has 0 amide bonds. The van der Waals surface area contributed by atoms with Crippen LogP contribution in [0.3, 0.4) is 0 Å². The Morgan fingerprint density at radius 1 is 0.806 bits per heavy atom. The molecule has 0 radical (unpaired) electrons. The third kappa shape index (κ3) is 2.00. The Bertz CT molecular complexity index is 1790. The number of fused-ring (bicyclic) bond motifs is 11. The summed E-state index contributed by atoms with van der Waals surface area (Å²) in [4.78, 5) is 2.71. The fourth-order valence-corrected chi connectivity index (χ4v) is 8.21. The number of nitrogens with zero attached hydrogens (tertiary/aromatic N) is 1. The predicted octanol–water partition coefficient (Wildman–Crippen LogP) is 6.26. The van der Waals surface area contributed by atoms with Gasteiger partial charge in [-0.1, -0.05) is 74.4 Å². The molecule has 1 aromatic heterocycles. The summed E-state index contributed by atoms with van der Waals surface area (Å²) in [6.07, 6.45) is 5.04. The van der Waals surface area contributed by atoms with Gasteiger partial charge in [-0.05, 0) is 59.9 Å². The number of hydrogen-bond acceptors (Lipinski definition) is 3. The van der Waals surface area contributed by atoms with Crippen LogP contribution in [0.15, 0.2) is 77.2 Å². The average Bonchev–Trinajstić information content (AvgIpc) is 3.38. The van der Waals surface area contributed by atoms with E-state index in [0.717, 1.165) is 33.4 Å². The van der Waals surface area contributed by atoms with E-state index in [4.69, 9.17) is 9.15 Å². The molecule has 174 valence electrons. The first-order chi connectivity index (χ1) is 17.6. The highest BCUT2D eigenvalue weighted by Crippen LogP contribution is 2.61. The minimum absolute atomic E-state index is 0.0622. The Hall–Kier alpha value is -3.66. The molecule has 0 spiro atoms. The van der Waals surface area contributed by atoms with Gasteiger partial charge in [0.25, 0.3) is 6.71 Å². The monoisotopic (exact) mass is 467 g/mol. The molecule has 0 bridgehead atoms. The number of para-hydroxylation sites is 2. The molecule has 5 aromatic rings. The van der Waals surface area contributed by atoms with Crippen molar-refractivity contribution in [3.63, 3.8) is 0 Å². The topological polar surface area (TPSA) is 25.6 Å². The van der Waals surface area contributed by atoms with Crippen LogP contribution < -0.4 is 26.0 Å². The molecule has 4 heterocycles. The van der Waals surface area contributed by atoms with Gasteiger partial charge in [0.2, 0.25) is 0 Å². The van der Waals surface area contributed by atoms with Gasteiger partial charge >= 0.3 is 0 Å². The van der Waals surface area contributed by atoms with Gasteiger partial charge < -0.3 is 14.1 Å². The van der Waals surface area contributed by atoms with Gasteiger partial charge in [-0.2, -0.15) is 0 Å². The molecule has 4 aliphatic rings. The number of anilines is 2. The minimum Gasteiger partial charge on any atom is -0.454 e. The minimum atomic E-state index is 0.0622. The van der Waals surface area contributed by atoms with E-state index in [9.17, 15) is 0 Å². The molecule has 1 fully saturated rings. The smallest absolute Gasteiger partial charge is 0.256 e. The second-order valence-electron chi connectivity index (χ2n) is 11.6. The molecule has 2 unspecified atom stereocenters. The van der Waals surface area contributed by atoms with Crippen LogP contribution in [0.5, 0.6) is 11.5 Å². The first-order valence-corrected chi connectivity index (χ1v) is 13.3. The quantitative estimate of drug-likeness (QED) is 0.247. The Balaban J connectivity index is 1.39. The highest BCUT2D eigenvalue weighted by atomic mass is 16.5. The maximum absolute atomic E-state index is 6.77. The van der Waals surface area contributed by atoms with E-state index in [1.165, 1.54) is 59.0 Å². The lowest BCUT2D eigenvalue weighted by molar-refractivity contribution is 0.195. The van der Waals surface area contributed by atoms with Crippen LogP contribution in [0.4, 0.5) is 11.4 Å². The molecule has 0 saturated heterocycles. The van der Waals surface area contributed by atoms with E-state index in [0.29, 0.717) is 0 Å². The Labute approximate surface area is 210 Å². The van der Waals surface area contributed by atoms with E-state index in [1.807, 2.05) is 12.1 Å². The van der Waals surface area contributed by atoms with Crippen molar-refractivity contribution >= 4 is 56.4 Å². The van der Waals surface area contributed by atoms with Crippen molar-refractivity contribution in [1.82, 2.24) is 0 Å². The second-order valence-corrected chi connectivity index (χ2v) is 11.6. The zero-order valence-electron chi connectivity index (χ0n) is 20.6. The van der Waals surface area contributed by atoms with Crippen molar-refractivity contribution in [2.24, 2.45) is 0 Å². The van der Waals surface area contributed by atoms with Crippen LogP contribution in [-0.2, 0) is 5.41 Å². The van der Waals surface area contributed by atoms with Gasteiger partial charge in [0.15, 0.2) is 11.3 Å². The van der Waals surface area contributed by atoms with Gasteiger partial charge in [0.05, 0.1) is 5.54 Å². The second kappa shape index (κ2) is 6.18. The molecule has 1 aliphatic carbocycles. The van der Waals surface area contributed by atoms with Crippen LogP contribution in [0.2, 0.25) is 0 Å². The number of benzene rings is 4. The number of rotatable bonds is 0. The van der Waals surface area contributed by atoms with Crippen LogP contribution in [0, 0.1) is 0 Å². The Morgan fingerprint density at radius 2 is 1.67 bits per heavy atom. The lowest BCUT2D eigenvalue weighted by Gasteiger charge is -2.52. The lowest BCUT2D eigenvalue weighted by Crippen LogP contribution is -2.63. The maximum atomic E-state index is 6.77. The Kier molecular flexibility index (Phi) is 3.35. The maximum Gasteiger partial charge on any atom is 0.256 e. The van der Waals surface area contributed by atoms with Gasteiger partial charge in [0.1, 0.15) is 11.3 Å². The summed E-state index contributed by atoms with van der Waals surface area (Å²) in [5, 5.41) is 2.25.